The van der Waals surface area contributed by atoms with Gasteiger partial charge in [0.15, 0.2) is 11.5 Å². The van der Waals surface area contributed by atoms with Crippen LogP contribution < -0.4 is 5.32 Å². The van der Waals surface area contributed by atoms with E-state index in [0.717, 1.165) is 0 Å². The number of methoxy groups -OCH3 is 1. The molecule has 1 aromatic carbocycles. The SMILES string of the molecule is COC1=C(c2ccccc2)C(=O)C(NC(C)=O)C(=N)C1=O. The highest BCUT2D eigenvalue weighted by Crippen LogP contribution is 2.27. The van der Waals surface area contributed by atoms with E-state index in [-0.39, 0.29) is 11.3 Å². The number of ether oxygens (including phenoxy) is 1. The molecule has 1 atom stereocenters. The van der Waals surface area contributed by atoms with E-state index in [4.69, 9.17) is 10.1 Å². The topological polar surface area (TPSA) is 96.3 Å². The second-order valence-corrected chi connectivity index (χ2v) is 4.51. The molecule has 1 aliphatic rings. The zero-order valence-electron chi connectivity index (χ0n) is 11.6. The maximum Gasteiger partial charge on any atom is 0.244 e. The van der Waals surface area contributed by atoms with E-state index in [9.17, 15) is 14.4 Å². The number of hydrogen-bond acceptors (Lipinski definition) is 5. The lowest BCUT2D eigenvalue weighted by Gasteiger charge is -2.25. The van der Waals surface area contributed by atoms with Crippen LogP contribution in [0.4, 0.5) is 0 Å². The smallest absolute Gasteiger partial charge is 0.244 e. The van der Waals surface area contributed by atoms with Crippen molar-refractivity contribution in [3.63, 3.8) is 0 Å². The Morgan fingerprint density at radius 2 is 1.86 bits per heavy atom. The van der Waals surface area contributed by atoms with Gasteiger partial charge in [-0.05, 0) is 5.56 Å². The summed E-state index contributed by atoms with van der Waals surface area (Å²) in [6.45, 7) is 1.22. The average Bonchev–Trinajstić information content (AvgIpc) is 2.47. The van der Waals surface area contributed by atoms with Crippen LogP contribution in [-0.2, 0) is 19.1 Å². The molecule has 2 N–H and O–H groups in total. The first-order valence-corrected chi connectivity index (χ1v) is 6.25. The summed E-state index contributed by atoms with van der Waals surface area (Å²) < 4.78 is 5.02. The molecule has 0 fully saturated rings. The summed E-state index contributed by atoms with van der Waals surface area (Å²) in [6.07, 6.45) is 0. The fourth-order valence-corrected chi connectivity index (χ4v) is 2.17. The lowest BCUT2D eigenvalue weighted by molar-refractivity contribution is -0.123. The number of nitrogens with one attached hydrogen (secondary N) is 2. The molecule has 0 saturated carbocycles. The number of allylic oxidation sites excluding steroid dienone is 1. The molecular formula is C15H14N2O4. The Kier molecular flexibility index (Phi) is 3.98. The van der Waals surface area contributed by atoms with Gasteiger partial charge in [-0.1, -0.05) is 30.3 Å². The first kappa shape index (κ1) is 14.6. The monoisotopic (exact) mass is 286 g/mol. The number of Topliss-reactive ketones (excluding diaryl/α,β-unsaturated/α-hetero) is 2. The molecule has 1 unspecified atom stereocenters. The third-order valence-corrected chi connectivity index (χ3v) is 3.09. The van der Waals surface area contributed by atoms with Crippen molar-refractivity contribution in [1.82, 2.24) is 5.32 Å². The van der Waals surface area contributed by atoms with Gasteiger partial charge in [0.05, 0.1) is 12.7 Å². The third-order valence-electron chi connectivity index (χ3n) is 3.09. The maximum atomic E-state index is 12.5. The standard InChI is InChI=1S/C15H14N2O4/c1-8(18)17-12-11(16)14(20)15(21-2)10(13(12)19)9-6-4-3-5-7-9/h3-7,12,16H,1-2H3,(H,17,18). The zero-order valence-corrected chi connectivity index (χ0v) is 11.6. The first-order chi connectivity index (χ1) is 9.97. The number of carbonyl (C=O) groups is 3. The van der Waals surface area contributed by atoms with Gasteiger partial charge in [0, 0.05) is 6.92 Å². The maximum absolute atomic E-state index is 12.5. The number of benzene rings is 1. The van der Waals surface area contributed by atoms with Crippen molar-refractivity contribution in [2.75, 3.05) is 7.11 Å². The lowest BCUT2D eigenvalue weighted by atomic mass is 9.85. The summed E-state index contributed by atoms with van der Waals surface area (Å²) in [4.78, 5) is 35.9. The van der Waals surface area contributed by atoms with Gasteiger partial charge >= 0.3 is 0 Å². The van der Waals surface area contributed by atoms with E-state index in [1.807, 2.05) is 0 Å². The second-order valence-electron chi connectivity index (χ2n) is 4.51. The molecule has 1 aliphatic carbocycles. The van der Waals surface area contributed by atoms with Crippen LogP contribution in [-0.4, -0.2) is 36.3 Å². The van der Waals surface area contributed by atoms with E-state index in [0.29, 0.717) is 5.56 Å². The molecule has 0 spiro atoms. The average molecular weight is 286 g/mol. The molecule has 0 saturated heterocycles. The summed E-state index contributed by atoms with van der Waals surface area (Å²) in [5.41, 5.74) is 0.0973. The van der Waals surface area contributed by atoms with Crippen LogP contribution >= 0.6 is 0 Å². The third kappa shape index (κ3) is 2.60. The van der Waals surface area contributed by atoms with Crippen LogP contribution in [0.5, 0.6) is 0 Å². The summed E-state index contributed by atoms with van der Waals surface area (Å²) in [5, 5.41) is 10.1. The predicted molar refractivity (Wildman–Crippen MR) is 75.7 cm³/mol. The van der Waals surface area contributed by atoms with E-state index in [2.05, 4.69) is 5.32 Å². The number of rotatable bonds is 3. The summed E-state index contributed by atoms with van der Waals surface area (Å²) in [7, 11) is 1.27. The molecule has 21 heavy (non-hydrogen) atoms. The van der Waals surface area contributed by atoms with Crippen molar-refractivity contribution in [2.45, 2.75) is 13.0 Å². The Labute approximate surface area is 121 Å². The van der Waals surface area contributed by atoms with Gasteiger partial charge in [-0.3, -0.25) is 19.8 Å². The Balaban J connectivity index is 2.59. The van der Waals surface area contributed by atoms with E-state index < -0.39 is 29.2 Å². The molecule has 108 valence electrons. The molecule has 1 amide bonds. The molecular weight excluding hydrogens is 272 g/mol. The highest BCUT2D eigenvalue weighted by atomic mass is 16.5. The van der Waals surface area contributed by atoms with Crippen LogP contribution in [0.25, 0.3) is 5.57 Å². The fraction of sp³-hybridized carbons (Fsp3) is 0.200. The predicted octanol–water partition coefficient (Wildman–Crippen LogP) is 0.720. The largest absolute Gasteiger partial charge is 0.492 e. The van der Waals surface area contributed by atoms with E-state index in [1.165, 1.54) is 14.0 Å². The number of hydrogen-bond donors (Lipinski definition) is 2. The molecule has 0 heterocycles. The molecule has 0 aliphatic heterocycles. The molecule has 0 aromatic heterocycles. The first-order valence-electron chi connectivity index (χ1n) is 6.25. The minimum atomic E-state index is -1.27. The molecule has 1 aromatic rings. The van der Waals surface area contributed by atoms with Crippen LogP contribution in [0.1, 0.15) is 12.5 Å². The van der Waals surface area contributed by atoms with Gasteiger partial charge in [0.2, 0.25) is 11.7 Å². The van der Waals surface area contributed by atoms with Crippen LogP contribution in [0, 0.1) is 5.41 Å². The molecule has 0 radical (unpaired) electrons. The molecule has 2 rings (SSSR count). The minimum Gasteiger partial charge on any atom is -0.492 e. The van der Waals surface area contributed by atoms with Crippen LogP contribution in [0.15, 0.2) is 36.1 Å². The van der Waals surface area contributed by atoms with Gasteiger partial charge < -0.3 is 10.1 Å². The quantitative estimate of drug-likeness (QED) is 0.855. The van der Waals surface area contributed by atoms with Crippen molar-refractivity contribution in [3.05, 3.63) is 41.7 Å². The number of ketones is 2. The van der Waals surface area contributed by atoms with Gasteiger partial charge in [-0.15, -0.1) is 0 Å². The van der Waals surface area contributed by atoms with Crippen LogP contribution in [0.2, 0.25) is 0 Å². The highest BCUT2D eigenvalue weighted by molar-refractivity contribution is 6.58. The molecule has 0 bridgehead atoms. The second kappa shape index (κ2) is 5.70. The Hall–Kier alpha value is -2.76. The van der Waals surface area contributed by atoms with E-state index >= 15 is 0 Å². The number of amides is 1. The van der Waals surface area contributed by atoms with Crippen molar-refractivity contribution >= 4 is 28.8 Å². The van der Waals surface area contributed by atoms with Crippen molar-refractivity contribution in [1.29, 1.82) is 5.41 Å². The summed E-state index contributed by atoms with van der Waals surface area (Å²) in [6, 6.07) is 7.28. The van der Waals surface area contributed by atoms with Gasteiger partial charge in [-0.2, -0.15) is 0 Å². The van der Waals surface area contributed by atoms with Gasteiger partial charge in [0.1, 0.15) is 11.8 Å². The minimum absolute atomic E-state index is 0.0813. The van der Waals surface area contributed by atoms with Crippen LogP contribution in [0.3, 0.4) is 0 Å². The number of carbonyl (C=O) groups excluding carboxylic acids is 3. The Morgan fingerprint density at radius 3 is 2.38 bits per heavy atom. The lowest BCUT2D eigenvalue weighted by Crippen LogP contribution is -2.52. The molecule has 6 heteroatoms. The van der Waals surface area contributed by atoms with Crippen molar-refractivity contribution < 1.29 is 19.1 Å². The Bertz CT molecular complexity index is 662. The van der Waals surface area contributed by atoms with Gasteiger partial charge in [0.25, 0.3) is 0 Å². The van der Waals surface area contributed by atoms with E-state index in [1.54, 1.807) is 30.3 Å². The van der Waals surface area contributed by atoms with Crippen molar-refractivity contribution in [2.24, 2.45) is 0 Å². The van der Waals surface area contributed by atoms with Crippen molar-refractivity contribution in [3.8, 4) is 0 Å². The highest BCUT2D eigenvalue weighted by Gasteiger charge is 2.41. The summed E-state index contributed by atoms with van der Waals surface area (Å²) in [5.74, 6) is -1.88. The molecule has 6 nitrogen and oxygen atoms in total. The van der Waals surface area contributed by atoms with Gasteiger partial charge in [-0.25, -0.2) is 0 Å². The normalized spacial score (nSPS) is 18.8. The Morgan fingerprint density at radius 1 is 1.24 bits per heavy atom. The summed E-state index contributed by atoms with van der Waals surface area (Å²) >= 11 is 0. The zero-order chi connectivity index (χ0) is 15.6. The fourth-order valence-electron chi connectivity index (χ4n) is 2.17.